The van der Waals surface area contributed by atoms with E-state index in [0.717, 1.165) is 41.1 Å². The predicted molar refractivity (Wildman–Crippen MR) is 250 cm³/mol. The molecule has 2 aliphatic rings. The number of benzene rings is 4. The van der Waals surface area contributed by atoms with Crippen LogP contribution in [0.25, 0.3) is 0 Å². The standard InChI is InChI=1S/C52H44N2O16/c1-5-46(55)66-29-62-42-21-18-34(26-44(42)64-31-68-48(57)7-3)51(59)61-24-23-33-17-20-41(36(25-33)28-53-54-50-39-15-11-9-13-37(39)38-14-10-12-16-40(38)50)70-52(60)35-19-22-43(63-30-67-47(56)6-2)45(27-35)65-32-69-49(58)8-4/h5-22,25-28,37,39H,1-4,23-24,29-32H2/b53-28+,54-50+. The highest BCUT2D eigenvalue weighted by Gasteiger charge is 2.35. The van der Waals surface area contributed by atoms with E-state index >= 15 is 0 Å². The molecular weight excluding hydrogens is 909 g/mol. The first-order valence-electron chi connectivity index (χ1n) is 21.0. The van der Waals surface area contributed by atoms with Gasteiger partial charge in [0.25, 0.3) is 0 Å². The third-order valence-corrected chi connectivity index (χ3v) is 10.00. The zero-order valence-corrected chi connectivity index (χ0v) is 37.4. The summed E-state index contributed by atoms with van der Waals surface area (Å²) in [5.41, 5.74) is 3.88. The molecule has 0 N–H and O–H groups in total. The summed E-state index contributed by atoms with van der Waals surface area (Å²) in [6, 6.07) is 21.0. The third kappa shape index (κ3) is 13.6. The lowest BCUT2D eigenvalue weighted by atomic mass is 9.88. The molecule has 2 atom stereocenters. The minimum Gasteiger partial charge on any atom is -0.462 e. The van der Waals surface area contributed by atoms with E-state index in [1.807, 2.05) is 30.4 Å². The number of rotatable bonds is 24. The molecule has 18 heteroatoms. The number of esters is 6. The predicted octanol–water partition coefficient (Wildman–Crippen LogP) is 7.23. The molecule has 4 aromatic rings. The maximum Gasteiger partial charge on any atom is 0.343 e. The van der Waals surface area contributed by atoms with Gasteiger partial charge in [0, 0.05) is 53.7 Å². The number of nitrogens with zero attached hydrogens (tertiary/aromatic N) is 2. The number of allylic oxidation sites excluding steroid dienone is 4. The van der Waals surface area contributed by atoms with Gasteiger partial charge in [0.15, 0.2) is 23.0 Å². The average molecular weight is 953 g/mol. The van der Waals surface area contributed by atoms with Crippen LogP contribution in [0.2, 0.25) is 0 Å². The second-order valence-corrected chi connectivity index (χ2v) is 14.3. The fourth-order valence-electron chi connectivity index (χ4n) is 6.66. The van der Waals surface area contributed by atoms with Crippen molar-refractivity contribution in [1.29, 1.82) is 0 Å². The number of hydrogen-bond donors (Lipinski definition) is 0. The van der Waals surface area contributed by atoms with Crippen LogP contribution in [-0.2, 0) is 49.3 Å². The van der Waals surface area contributed by atoms with E-state index in [4.69, 9.17) is 47.4 Å². The van der Waals surface area contributed by atoms with Crippen LogP contribution >= 0.6 is 0 Å². The van der Waals surface area contributed by atoms with Gasteiger partial charge in [-0.25, -0.2) is 28.8 Å². The molecule has 0 radical (unpaired) electrons. The van der Waals surface area contributed by atoms with Crippen LogP contribution in [0.15, 0.2) is 164 Å². The van der Waals surface area contributed by atoms with E-state index in [-0.39, 0.29) is 64.7 Å². The molecule has 0 spiro atoms. The van der Waals surface area contributed by atoms with Gasteiger partial charge in [0.1, 0.15) is 5.75 Å². The Hall–Kier alpha value is -9.32. The Kier molecular flexibility index (Phi) is 17.9. The molecule has 0 aromatic heterocycles. The van der Waals surface area contributed by atoms with Gasteiger partial charge in [0.2, 0.25) is 27.2 Å². The monoisotopic (exact) mass is 952 g/mol. The summed E-state index contributed by atoms with van der Waals surface area (Å²) in [6.45, 7) is 11.0. The second kappa shape index (κ2) is 25.0. The van der Waals surface area contributed by atoms with Crippen molar-refractivity contribution in [1.82, 2.24) is 0 Å². The van der Waals surface area contributed by atoms with Crippen molar-refractivity contribution in [3.63, 3.8) is 0 Å². The summed E-state index contributed by atoms with van der Waals surface area (Å²) in [5.74, 6) is -4.41. The van der Waals surface area contributed by atoms with Crippen LogP contribution in [0.4, 0.5) is 0 Å². The Morgan fingerprint density at radius 2 is 1.03 bits per heavy atom. The molecule has 0 saturated heterocycles. The first-order chi connectivity index (χ1) is 34.0. The average Bonchev–Trinajstić information content (AvgIpc) is 3.70. The van der Waals surface area contributed by atoms with E-state index < -0.39 is 63.0 Å². The van der Waals surface area contributed by atoms with Crippen LogP contribution in [0.3, 0.4) is 0 Å². The molecular formula is C52H44N2O16. The van der Waals surface area contributed by atoms with E-state index in [2.05, 4.69) is 54.7 Å². The molecule has 0 fully saturated rings. The first-order valence-corrected chi connectivity index (χ1v) is 21.0. The number of fused-ring (bicyclic) bond motifs is 3. The summed E-state index contributed by atoms with van der Waals surface area (Å²) in [7, 11) is 0. The fourth-order valence-corrected chi connectivity index (χ4v) is 6.66. The molecule has 6 rings (SSSR count). The highest BCUT2D eigenvalue weighted by molar-refractivity contribution is 6.09. The smallest absolute Gasteiger partial charge is 0.343 e. The molecule has 2 unspecified atom stereocenters. The number of carbonyl (C=O) groups excluding carboxylic acids is 6. The molecule has 0 heterocycles. The molecule has 358 valence electrons. The van der Waals surface area contributed by atoms with Gasteiger partial charge < -0.3 is 47.4 Å². The second-order valence-electron chi connectivity index (χ2n) is 14.3. The summed E-state index contributed by atoms with van der Waals surface area (Å²) in [4.78, 5) is 73.3. The van der Waals surface area contributed by atoms with Crippen LogP contribution < -0.4 is 23.7 Å². The zero-order valence-electron chi connectivity index (χ0n) is 37.4. The first kappa shape index (κ1) is 50.1. The Balaban J connectivity index is 1.22. The van der Waals surface area contributed by atoms with Crippen molar-refractivity contribution in [2.75, 3.05) is 33.8 Å². The minimum absolute atomic E-state index is 0.00703. The lowest BCUT2D eigenvalue weighted by Gasteiger charge is -2.15. The topological polar surface area (TPSA) is 219 Å². The van der Waals surface area contributed by atoms with E-state index in [0.29, 0.717) is 11.1 Å². The number of carbonyl (C=O) groups is 6. The van der Waals surface area contributed by atoms with Crippen molar-refractivity contribution in [2.24, 2.45) is 16.1 Å². The lowest BCUT2D eigenvalue weighted by molar-refractivity contribution is -0.146. The van der Waals surface area contributed by atoms with Crippen LogP contribution in [-0.4, -0.2) is 81.5 Å². The molecule has 4 aromatic carbocycles. The Bertz CT molecular complexity index is 2810. The normalized spacial score (nSPS) is 14.5. The van der Waals surface area contributed by atoms with Crippen molar-refractivity contribution < 1.29 is 76.1 Å². The lowest BCUT2D eigenvalue weighted by Crippen LogP contribution is -2.13. The maximum absolute atomic E-state index is 13.8. The third-order valence-electron chi connectivity index (χ3n) is 10.00. The summed E-state index contributed by atoms with van der Waals surface area (Å²) >= 11 is 0. The molecule has 18 nitrogen and oxygen atoms in total. The van der Waals surface area contributed by atoms with Gasteiger partial charge in [-0.05, 0) is 59.7 Å². The minimum atomic E-state index is -0.830. The van der Waals surface area contributed by atoms with Gasteiger partial charge >= 0.3 is 35.8 Å². The molecule has 0 bridgehead atoms. The molecule has 70 heavy (non-hydrogen) atoms. The van der Waals surface area contributed by atoms with Gasteiger partial charge in [-0.2, -0.15) is 10.2 Å². The van der Waals surface area contributed by atoms with Crippen LogP contribution in [0.1, 0.15) is 48.9 Å². The van der Waals surface area contributed by atoms with E-state index in [1.165, 1.54) is 42.6 Å². The van der Waals surface area contributed by atoms with Crippen LogP contribution in [0, 0.1) is 5.92 Å². The van der Waals surface area contributed by atoms with E-state index in [9.17, 15) is 28.8 Å². The maximum atomic E-state index is 13.8. The Morgan fingerprint density at radius 1 is 0.529 bits per heavy atom. The summed E-state index contributed by atoms with van der Waals surface area (Å²) in [6.07, 6.45) is 13.6. The SMILES string of the molecule is C=CC(=O)OCOc1ccc(C(=O)OCCc2ccc(OC(=O)c3ccc(OCOC(=O)C=C)c(OCOC(=O)C=C)c3)c(/C=N/N=C3/c4ccccc4C4C=CC=CC34)c2)cc1OCOC(=O)C=C. The summed E-state index contributed by atoms with van der Waals surface area (Å²) < 4.78 is 53.1. The quantitative estimate of drug-likeness (QED) is 0.0129. The molecule has 0 saturated carbocycles. The molecule has 2 aliphatic carbocycles. The fraction of sp³-hybridized carbons (Fsp3) is 0.154. The Morgan fingerprint density at radius 3 is 1.59 bits per heavy atom. The van der Waals surface area contributed by atoms with Crippen molar-refractivity contribution in [3.05, 3.63) is 187 Å². The van der Waals surface area contributed by atoms with Gasteiger partial charge in [-0.15, -0.1) is 0 Å². The van der Waals surface area contributed by atoms with Crippen molar-refractivity contribution in [3.8, 4) is 28.7 Å². The Labute approximate surface area is 401 Å². The van der Waals surface area contributed by atoms with Crippen molar-refractivity contribution in [2.45, 2.75) is 12.3 Å². The number of ether oxygens (including phenoxy) is 10. The molecule has 0 amide bonds. The number of hydrogen-bond acceptors (Lipinski definition) is 18. The summed E-state index contributed by atoms with van der Waals surface area (Å²) in [5, 5.41) is 9.13. The zero-order chi connectivity index (χ0) is 49.8. The van der Waals surface area contributed by atoms with Crippen molar-refractivity contribution >= 4 is 47.7 Å². The largest absolute Gasteiger partial charge is 0.462 e. The van der Waals surface area contributed by atoms with Gasteiger partial charge in [0.05, 0.1) is 29.7 Å². The highest BCUT2D eigenvalue weighted by Crippen LogP contribution is 2.42. The highest BCUT2D eigenvalue weighted by atomic mass is 16.7. The van der Waals surface area contributed by atoms with Gasteiger partial charge in [-0.3, -0.25) is 0 Å². The molecule has 0 aliphatic heterocycles. The van der Waals surface area contributed by atoms with E-state index in [1.54, 1.807) is 18.2 Å². The van der Waals surface area contributed by atoms with Gasteiger partial charge in [-0.1, -0.05) is 81.0 Å². The van der Waals surface area contributed by atoms with Crippen LogP contribution in [0.5, 0.6) is 28.7 Å².